The number of nitrogens with zero attached hydrogens (tertiary/aromatic N) is 2. The van der Waals surface area contributed by atoms with Gasteiger partial charge in [-0.15, -0.1) is 0 Å². The van der Waals surface area contributed by atoms with Crippen LogP contribution in [-0.2, 0) is 21.4 Å². The Hall–Kier alpha value is -2.36. The van der Waals surface area contributed by atoms with E-state index in [0.29, 0.717) is 32.5 Å². The van der Waals surface area contributed by atoms with Crippen LogP contribution in [0.25, 0.3) is 0 Å². The summed E-state index contributed by atoms with van der Waals surface area (Å²) in [5.41, 5.74) is 0.730. The van der Waals surface area contributed by atoms with E-state index in [0.717, 1.165) is 37.6 Å². The average molecular weight is 478 g/mol. The molecule has 0 unspecified atom stereocenters. The molecule has 2 saturated heterocycles. The number of rotatable bonds is 6. The second-order valence-corrected chi connectivity index (χ2v) is 10.7. The summed E-state index contributed by atoms with van der Waals surface area (Å²) in [7, 11) is -3.52. The first-order valence-corrected chi connectivity index (χ1v) is 12.8. The molecular weight excluding hydrogens is 448 g/mol. The number of halogens is 2. The number of carbonyl (C=O) groups is 1. The van der Waals surface area contributed by atoms with Crippen LogP contribution in [0.15, 0.2) is 53.4 Å². The molecular formula is C24H29F2N3O3S. The van der Waals surface area contributed by atoms with Crippen molar-refractivity contribution in [3.63, 3.8) is 0 Å². The van der Waals surface area contributed by atoms with Crippen molar-refractivity contribution in [3.05, 3.63) is 65.7 Å². The number of hydrogen-bond acceptors (Lipinski definition) is 4. The lowest BCUT2D eigenvalue weighted by Gasteiger charge is -2.34. The summed E-state index contributed by atoms with van der Waals surface area (Å²) in [6, 6.07) is 12.4. The summed E-state index contributed by atoms with van der Waals surface area (Å²) in [4.78, 5) is 15.2. The second kappa shape index (κ2) is 10.3. The molecule has 0 spiro atoms. The second-order valence-electron chi connectivity index (χ2n) is 8.80. The highest BCUT2D eigenvalue weighted by Gasteiger charge is 2.33. The highest BCUT2D eigenvalue weighted by molar-refractivity contribution is 7.89. The maximum atomic E-state index is 13.4. The van der Waals surface area contributed by atoms with Crippen LogP contribution < -0.4 is 5.32 Å². The number of sulfonamides is 1. The zero-order valence-corrected chi connectivity index (χ0v) is 19.2. The summed E-state index contributed by atoms with van der Waals surface area (Å²) in [6.07, 6.45) is 2.59. The third kappa shape index (κ3) is 5.77. The van der Waals surface area contributed by atoms with Crippen molar-refractivity contribution in [3.8, 4) is 0 Å². The van der Waals surface area contributed by atoms with E-state index in [1.54, 1.807) is 36.4 Å². The van der Waals surface area contributed by atoms with Gasteiger partial charge in [-0.25, -0.2) is 17.2 Å². The van der Waals surface area contributed by atoms with Crippen LogP contribution in [0.4, 0.5) is 8.78 Å². The van der Waals surface area contributed by atoms with Crippen LogP contribution in [0.3, 0.4) is 0 Å². The fourth-order valence-corrected chi connectivity index (χ4v) is 6.04. The van der Waals surface area contributed by atoms with Crippen molar-refractivity contribution >= 4 is 15.9 Å². The van der Waals surface area contributed by atoms with E-state index >= 15 is 0 Å². The normalized spacial score (nSPS) is 19.5. The van der Waals surface area contributed by atoms with Gasteiger partial charge in [0.25, 0.3) is 0 Å². The van der Waals surface area contributed by atoms with Gasteiger partial charge in [0.05, 0.1) is 4.90 Å². The molecule has 2 fully saturated rings. The quantitative estimate of drug-likeness (QED) is 0.694. The minimum atomic E-state index is -3.52. The molecule has 0 aromatic heterocycles. The summed E-state index contributed by atoms with van der Waals surface area (Å²) < 4.78 is 53.5. The maximum absolute atomic E-state index is 13.4. The number of hydrogen-bond donors (Lipinski definition) is 1. The Kier molecular flexibility index (Phi) is 7.41. The lowest BCUT2D eigenvalue weighted by molar-refractivity contribution is -0.127. The van der Waals surface area contributed by atoms with Crippen molar-refractivity contribution in [1.82, 2.24) is 14.5 Å². The third-order valence-corrected chi connectivity index (χ3v) is 8.44. The van der Waals surface area contributed by atoms with E-state index in [1.807, 2.05) is 0 Å². The largest absolute Gasteiger partial charge is 0.353 e. The molecule has 9 heteroatoms. The van der Waals surface area contributed by atoms with Crippen molar-refractivity contribution < 1.29 is 22.0 Å². The molecule has 0 radical (unpaired) electrons. The molecule has 2 aliphatic rings. The topological polar surface area (TPSA) is 69.7 Å². The molecule has 178 valence electrons. The number of amides is 1. The van der Waals surface area contributed by atoms with Gasteiger partial charge >= 0.3 is 0 Å². The molecule has 4 rings (SSSR count). The molecule has 2 aromatic carbocycles. The number of carbonyl (C=O) groups excluding carboxylic acids is 1. The van der Waals surface area contributed by atoms with Gasteiger partial charge in [0.15, 0.2) is 11.6 Å². The van der Waals surface area contributed by atoms with Gasteiger partial charge < -0.3 is 5.32 Å². The predicted octanol–water partition coefficient (Wildman–Crippen LogP) is 3.15. The van der Waals surface area contributed by atoms with E-state index < -0.39 is 21.7 Å². The molecule has 0 bridgehead atoms. The number of likely N-dealkylation sites (tertiary alicyclic amines) is 1. The molecule has 33 heavy (non-hydrogen) atoms. The predicted molar refractivity (Wildman–Crippen MR) is 121 cm³/mol. The summed E-state index contributed by atoms with van der Waals surface area (Å²) in [5.74, 6) is -1.88. The molecule has 2 heterocycles. The number of piperidine rings is 2. The summed E-state index contributed by atoms with van der Waals surface area (Å²) in [5, 5.41) is 3.13. The molecule has 6 nitrogen and oxygen atoms in total. The van der Waals surface area contributed by atoms with Gasteiger partial charge in [-0.05, 0) is 55.5 Å². The molecule has 0 saturated carbocycles. The molecule has 0 atom stereocenters. The maximum Gasteiger partial charge on any atom is 0.243 e. The average Bonchev–Trinajstić information content (AvgIpc) is 2.83. The highest BCUT2D eigenvalue weighted by Crippen LogP contribution is 2.24. The molecule has 2 aromatic rings. The van der Waals surface area contributed by atoms with Gasteiger partial charge in [-0.1, -0.05) is 24.3 Å². The smallest absolute Gasteiger partial charge is 0.243 e. The number of nitrogens with one attached hydrogen (secondary N) is 1. The monoisotopic (exact) mass is 477 g/mol. The first-order valence-electron chi connectivity index (χ1n) is 11.3. The van der Waals surface area contributed by atoms with Crippen LogP contribution in [0, 0.1) is 17.6 Å². The standard InChI is InChI=1S/C24H29F2N3O3S/c25-22-7-6-18(16-23(22)26)17-28-12-10-20(11-13-28)27-24(30)19-8-14-29(15-9-19)33(31,32)21-4-2-1-3-5-21/h1-7,16,19-20H,8-15,17H2,(H,27,30). The lowest BCUT2D eigenvalue weighted by atomic mass is 9.95. The van der Waals surface area contributed by atoms with Crippen molar-refractivity contribution in [2.75, 3.05) is 26.2 Å². The van der Waals surface area contributed by atoms with Gasteiger partial charge in [0.2, 0.25) is 15.9 Å². The lowest BCUT2D eigenvalue weighted by Crippen LogP contribution is -2.48. The van der Waals surface area contributed by atoms with Crippen molar-refractivity contribution in [2.45, 2.75) is 43.2 Å². The first-order chi connectivity index (χ1) is 15.8. The molecule has 0 aliphatic carbocycles. The Bertz CT molecular complexity index is 1070. The molecule has 1 N–H and O–H groups in total. The van der Waals surface area contributed by atoms with Gasteiger partial charge in [0, 0.05) is 44.7 Å². The zero-order valence-electron chi connectivity index (χ0n) is 18.4. The Balaban J connectivity index is 1.22. The summed E-state index contributed by atoms with van der Waals surface area (Å²) >= 11 is 0. The SMILES string of the molecule is O=C(NC1CCN(Cc2ccc(F)c(F)c2)CC1)C1CCN(S(=O)(=O)c2ccccc2)CC1. The van der Waals surface area contributed by atoms with Gasteiger partial charge in [0.1, 0.15) is 0 Å². The zero-order chi connectivity index (χ0) is 23.4. The van der Waals surface area contributed by atoms with E-state index in [4.69, 9.17) is 0 Å². The van der Waals surface area contributed by atoms with Crippen LogP contribution >= 0.6 is 0 Å². The Morgan fingerprint density at radius 1 is 0.909 bits per heavy atom. The Morgan fingerprint density at radius 3 is 2.21 bits per heavy atom. The fourth-order valence-electron chi connectivity index (χ4n) is 4.55. The minimum absolute atomic E-state index is 0.00850. The van der Waals surface area contributed by atoms with Crippen molar-refractivity contribution in [1.29, 1.82) is 0 Å². The van der Waals surface area contributed by atoms with Crippen LogP contribution in [-0.4, -0.2) is 55.8 Å². The number of benzene rings is 2. The molecule has 2 aliphatic heterocycles. The van der Waals surface area contributed by atoms with Crippen LogP contribution in [0.2, 0.25) is 0 Å². The Labute approximate surface area is 193 Å². The van der Waals surface area contributed by atoms with E-state index in [-0.39, 0.29) is 22.8 Å². The Morgan fingerprint density at radius 2 is 1.58 bits per heavy atom. The fraction of sp³-hybridized carbons (Fsp3) is 0.458. The van der Waals surface area contributed by atoms with Crippen molar-refractivity contribution in [2.24, 2.45) is 5.92 Å². The van der Waals surface area contributed by atoms with Gasteiger partial charge in [-0.2, -0.15) is 4.31 Å². The van der Waals surface area contributed by atoms with Crippen LogP contribution in [0.5, 0.6) is 0 Å². The molecule has 1 amide bonds. The van der Waals surface area contributed by atoms with Gasteiger partial charge in [-0.3, -0.25) is 9.69 Å². The summed E-state index contributed by atoms with van der Waals surface area (Å²) in [6.45, 7) is 2.74. The van der Waals surface area contributed by atoms with Crippen LogP contribution in [0.1, 0.15) is 31.2 Å². The van der Waals surface area contributed by atoms with E-state index in [2.05, 4.69) is 10.2 Å². The van der Waals surface area contributed by atoms with E-state index in [1.165, 1.54) is 10.4 Å². The highest BCUT2D eigenvalue weighted by atomic mass is 32.2. The third-order valence-electron chi connectivity index (χ3n) is 6.53. The minimum Gasteiger partial charge on any atom is -0.353 e. The first kappa shape index (κ1) is 23.8. The van der Waals surface area contributed by atoms with E-state index in [9.17, 15) is 22.0 Å².